The van der Waals surface area contributed by atoms with E-state index in [0.717, 1.165) is 43.8 Å². The van der Waals surface area contributed by atoms with Gasteiger partial charge in [-0.2, -0.15) is 0 Å². The molecule has 1 aliphatic rings. The second-order valence-electron chi connectivity index (χ2n) is 6.38. The van der Waals surface area contributed by atoms with Crippen LogP contribution in [0.1, 0.15) is 18.4 Å². The number of nitro benzene ring substituents is 1. The molecule has 0 spiro atoms. The molecule has 0 atom stereocenters. The molecule has 1 fully saturated rings. The Kier molecular flexibility index (Phi) is 5.43. The van der Waals surface area contributed by atoms with Crippen LogP contribution < -0.4 is 9.64 Å². The number of ether oxygens (including phenoxy) is 1. The van der Waals surface area contributed by atoms with E-state index in [1.54, 1.807) is 13.2 Å². The van der Waals surface area contributed by atoms with E-state index in [2.05, 4.69) is 17.0 Å². The van der Waals surface area contributed by atoms with Gasteiger partial charge in [0.1, 0.15) is 5.75 Å². The minimum Gasteiger partial charge on any atom is -0.497 e. The summed E-state index contributed by atoms with van der Waals surface area (Å²) in [6, 6.07) is 12.9. The third-order valence-electron chi connectivity index (χ3n) is 4.76. The molecule has 1 heterocycles. The predicted octanol–water partition coefficient (Wildman–Crippen LogP) is 4.72. The lowest BCUT2D eigenvalue weighted by Crippen LogP contribution is -2.34. The molecular weight excluding hydrogens is 340 g/mol. The highest BCUT2D eigenvalue weighted by molar-refractivity contribution is 6.33. The smallest absolute Gasteiger partial charge is 0.271 e. The highest BCUT2D eigenvalue weighted by Gasteiger charge is 2.22. The molecule has 3 rings (SSSR count). The molecule has 25 heavy (non-hydrogen) atoms. The number of non-ortho nitro benzene ring substituents is 1. The van der Waals surface area contributed by atoms with Gasteiger partial charge < -0.3 is 9.64 Å². The highest BCUT2D eigenvalue weighted by Crippen LogP contribution is 2.33. The van der Waals surface area contributed by atoms with E-state index in [4.69, 9.17) is 16.3 Å². The summed E-state index contributed by atoms with van der Waals surface area (Å²) >= 11 is 6.25. The summed E-state index contributed by atoms with van der Waals surface area (Å²) < 4.78 is 5.29. The summed E-state index contributed by atoms with van der Waals surface area (Å²) in [6.07, 6.45) is 3.19. The Morgan fingerprint density at radius 2 is 2.00 bits per heavy atom. The predicted molar refractivity (Wildman–Crippen MR) is 99.7 cm³/mol. The first-order valence-electron chi connectivity index (χ1n) is 8.38. The van der Waals surface area contributed by atoms with Crippen LogP contribution in [-0.4, -0.2) is 25.1 Å². The Bertz CT molecular complexity index is 758. The van der Waals surface area contributed by atoms with Crippen LogP contribution in [0.2, 0.25) is 5.02 Å². The summed E-state index contributed by atoms with van der Waals surface area (Å²) in [5.74, 6) is 1.52. The summed E-state index contributed by atoms with van der Waals surface area (Å²) in [4.78, 5) is 12.6. The maximum atomic E-state index is 10.8. The molecule has 0 N–H and O–H groups in total. The lowest BCUT2D eigenvalue weighted by molar-refractivity contribution is -0.384. The average Bonchev–Trinajstić information content (AvgIpc) is 2.62. The molecule has 1 saturated heterocycles. The van der Waals surface area contributed by atoms with Crippen LogP contribution >= 0.6 is 11.6 Å². The molecule has 0 bridgehead atoms. The first-order chi connectivity index (χ1) is 12.1. The van der Waals surface area contributed by atoms with Gasteiger partial charge in [0.2, 0.25) is 0 Å². The molecule has 0 aliphatic carbocycles. The van der Waals surface area contributed by atoms with Gasteiger partial charge in [-0.3, -0.25) is 10.1 Å². The van der Waals surface area contributed by atoms with Crippen LogP contribution in [0.3, 0.4) is 0 Å². The van der Waals surface area contributed by atoms with E-state index in [1.807, 2.05) is 12.1 Å². The molecule has 0 unspecified atom stereocenters. The average molecular weight is 361 g/mol. The minimum absolute atomic E-state index is 0.0293. The van der Waals surface area contributed by atoms with Crippen molar-refractivity contribution in [1.29, 1.82) is 0 Å². The van der Waals surface area contributed by atoms with Gasteiger partial charge in [-0.05, 0) is 48.9 Å². The van der Waals surface area contributed by atoms with E-state index in [0.29, 0.717) is 10.9 Å². The van der Waals surface area contributed by atoms with E-state index in [-0.39, 0.29) is 5.69 Å². The largest absolute Gasteiger partial charge is 0.497 e. The number of methoxy groups -OCH3 is 1. The first kappa shape index (κ1) is 17.5. The lowest BCUT2D eigenvalue weighted by atomic mass is 9.90. The normalized spacial score (nSPS) is 15.2. The molecule has 5 nitrogen and oxygen atoms in total. The van der Waals surface area contributed by atoms with Crippen molar-refractivity contribution >= 4 is 23.0 Å². The van der Waals surface area contributed by atoms with Crippen molar-refractivity contribution in [3.05, 3.63) is 63.2 Å². The zero-order valence-corrected chi connectivity index (χ0v) is 14.9. The van der Waals surface area contributed by atoms with E-state index >= 15 is 0 Å². The van der Waals surface area contributed by atoms with Gasteiger partial charge in [0.15, 0.2) is 0 Å². The van der Waals surface area contributed by atoms with Crippen molar-refractivity contribution in [3.63, 3.8) is 0 Å². The van der Waals surface area contributed by atoms with E-state index in [1.165, 1.54) is 17.7 Å². The third-order valence-corrected chi connectivity index (χ3v) is 5.06. The Hall–Kier alpha value is -2.27. The van der Waals surface area contributed by atoms with Crippen molar-refractivity contribution in [2.24, 2.45) is 5.92 Å². The minimum atomic E-state index is -0.421. The van der Waals surface area contributed by atoms with Gasteiger partial charge in [-0.25, -0.2) is 0 Å². The van der Waals surface area contributed by atoms with Crippen LogP contribution in [0.5, 0.6) is 5.75 Å². The summed E-state index contributed by atoms with van der Waals surface area (Å²) in [5.41, 5.74) is 2.21. The molecule has 6 heteroatoms. The fourth-order valence-electron chi connectivity index (χ4n) is 3.38. The van der Waals surface area contributed by atoms with Gasteiger partial charge in [0.25, 0.3) is 5.69 Å². The maximum absolute atomic E-state index is 10.8. The Balaban J connectivity index is 1.61. The number of halogens is 1. The topological polar surface area (TPSA) is 55.6 Å². The fourth-order valence-corrected chi connectivity index (χ4v) is 3.67. The molecule has 0 amide bonds. The Morgan fingerprint density at radius 3 is 2.64 bits per heavy atom. The molecule has 1 aliphatic heterocycles. The van der Waals surface area contributed by atoms with Crippen molar-refractivity contribution < 1.29 is 9.66 Å². The number of hydrogen-bond acceptors (Lipinski definition) is 4. The standard InChI is InChI=1S/C19H21ClN2O3/c1-25-17-4-2-3-15(12-17)11-14-7-9-21(10-8-14)19-6-5-16(22(23)24)13-18(19)20/h2-6,12-14H,7-11H2,1H3. The quantitative estimate of drug-likeness (QED) is 0.572. The zero-order chi connectivity index (χ0) is 17.8. The van der Waals surface area contributed by atoms with Crippen molar-refractivity contribution in [3.8, 4) is 5.75 Å². The van der Waals surface area contributed by atoms with Gasteiger partial charge in [0, 0.05) is 25.2 Å². The van der Waals surface area contributed by atoms with Crippen LogP contribution in [-0.2, 0) is 6.42 Å². The van der Waals surface area contributed by atoms with Crippen LogP contribution in [0.4, 0.5) is 11.4 Å². The van der Waals surface area contributed by atoms with Crippen molar-refractivity contribution in [1.82, 2.24) is 0 Å². The van der Waals surface area contributed by atoms with Crippen LogP contribution in [0, 0.1) is 16.0 Å². The van der Waals surface area contributed by atoms with Crippen LogP contribution in [0.15, 0.2) is 42.5 Å². The number of nitrogens with zero attached hydrogens (tertiary/aromatic N) is 2. The SMILES string of the molecule is COc1cccc(CC2CCN(c3ccc([N+](=O)[O-])cc3Cl)CC2)c1. The van der Waals surface area contributed by atoms with Crippen LogP contribution in [0.25, 0.3) is 0 Å². The van der Waals surface area contributed by atoms with Gasteiger partial charge in [-0.15, -0.1) is 0 Å². The number of hydrogen-bond donors (Lipinski definition) is 0. The molecule has 0 radical (unpaired) electrons. The number of rotatable bonds is 5. The van der Waals surface area contributed by atoms with Crippen molar-refractivity contribution in [2.75, 3.05) is 25.1 Å². The number of nitro groups is 1. The second-order valence-corrected chi connectivity index (χ2v) is 6.79. The lowest BCUT2D eigenvalue weighted by Gasteiger charge is -2.34. The fraction of sp³-hybridized carbons (Fsp3) is 0.368. The summed E-state index contributed by atoms with van der Waals surface area (Å²) in [5, 5.41) is 11.3. The molecule has 132 valence electrons. The Morgan fingerprint density at radius 1 is 1.24 bits per heavy atom. The van der Waals surface area contributed by atoms with Gasteiger partial charge >= 0.3 is 0 Å². The Labute approximate surface area is 152 Å². The zero-order valence-electron chi connectivity index (χ0n) is 14.2. The summed E-state index contributed by atoms with van der Waals surface area (Å²) in [7, 11) is 1.69. The first-order valence-corrected chi connectivity index (χ1v) is 8.76. The number of anilines is 1. The maximum Gasteiger partial charge on any atom is 0.271 e. The van der Waals surface area contributed by atoms with E-state index in [9.17, 15) is 10.1 Å². The molecule has 2 aromatic rings. The second kappa shape index (κ2) is 7.74. The van der Waals surface area contributed by atoms with Crippen molar-refractivity contribution in [2.45, 2.75) is 19.3 Å². The molecule has 0 aromatic heterocycles. The highest BCUT2D eigenvalue weighted by atomic mass is 35.5. The molecular formula is C19H21ClN2O3. The van der Waals surface area contributed by atoms with E-state index < -0.39 is 4.92 Å². The monoisotopic (exact) mass is 360 g/mol. The van der Waals surface area contributed by atoms with Gasteiger partial charge in [-0.1, -0.05) is 23.7 Å². The van der Waals surface area contributed by atoms with Gasteiger partial charge in [0.05, 0.1) is 22.7 Å². The third kappa shape index (κ3) is 4.23. The summed E-state index contributed by atoms with van der Waals surface area (Å²) in [6.45, 7) is 1.82. The molecule has 2 aromatic carbocycles. The molecule has 0 saturated carbocycles. The number of piperidine rings is 1. The number of benzene rings is 2.